The van der Waals surface area contributed by atoms with Gasteiger partial charge < -0.3 is 9.90 Å². The smallest absolute Gasteiger partial charge is 0.549 e. The SMILES string of the molecule is O=C([O-])C1C=CC=CC=CS1.[K+]. The molecule has 1 atom stereocenters. The fourth-order valence-corrected chi connectivity index (χ4v) is 1.29. The van der Waals surface area contributed by atoms with Crippen molar-refractivity contribution in [2.75, 3.05) is 0 Å². The zero-order valence-corrected chi connectivity index (χ0v) is 10.7. The first-order chi connectivity index (χ1) is 5.30. The summed E-state index contributed by atoms with van der Waals surface area (Å²) in [5, 5.41) is 11.6. The molecule has 0 aliphatic carbocycles. The number of aliphatic carboxylic acids is 1. The van der Waals surface area contributed by atoms with E-state index in [2.05, 4.69) is 0 Å². The molecule has 1 heterocycles. The van der Waals surface area contributed by atoms with E-state index < -0.39 is 11.2 Å². The zero-order valence-electron chi connectivity index (χ0n) is 6.77. The Hall–Kier alpha value is 0.676. The van der Waals surface area contributed by atoms with E-state index in [1.807, 2.05) is 6.08 Å². The van der Waals surface area contributed by atoms with E-state index in [1.54, 1.807) is 29.7 Å². The molecule has 0 aromatic rings. The van der Waals surface area contributed by atoms with Crippen LogP contribution < -0.4 is 56.5 Å². The Labute approximate surface area is 118 Å². The largest absolute Gasteiger partial charge is 1.00 e. The molecular formula is C8H7KO2S. The normalized spacial score (nSPS) is 20.8. The van der Waals surface area contributed by atoms with Crippen molar-refractivity contribution in [2.45, 2.75) is 5.25 Å². The van der Waals surface area contributed by atoms with Gasteiger partial charge in [0, 0.05) is 0 Å². The number of allylic oxidation sites excluding steroid dienone is 4. The van der Waals surface area contributed by atoms with Gasteiger partial charge in [-0.1, -0.05) is 30.4 Å². The maximum absolute atomic E-state index is 10.4. The Kier molecular flexibility index (Phi) is 7.52. The van der Waals surface area contributed by atoms with Gasteiger partial charge in [-0.25, -0.2) is 0 Å². The summed E-state index contributed by atoms with van der Waals surface area (Å²) >= 11 is 1.22. The Morgan fingerprint density at radius 2 is 1.92 bits per heavy atom. The number of carbonyl (C=O) groups excluding carboxylic acids is 1. The predicted molar refractivity (Wildman–Crippen MR) is 43.8 cm³/mol. The molecule has 0 aromatic heterocycles. The van der Waals surface area contributed by atoms with Gasteiger partial charge in [-0.3, -0.25) is 0 Å². The molecule has 12 heavy (non-hydrogen) atoms. The van der Waals surface area contributed by atoms with Crippen LogP contribution in [-0.2, 0) is 4.79 Å². The van der Waals surface area contributed by atoms with Gasteiger partial charge in [-0.05, 0) is 5.41 Å². The Bertz CT molecular complexity index is 233. The summed E-state index contributed by atoms with van der Waals surface area (Å²) in [6.07, 6.45) is 8.72. The van der Waals surface area contributed by atoms with Crippen LogP contribution in [0.2, 0.25) is 0 Å². The van der Waals surface area contributed by atoms with E-state index in [9.17, 15) is 9.90 Å². The summed E-state index contributed by atoms with van der Waals surface area (Å²) in [6, 6.07) is 0. The third-order valence-corrected chi connectivity index (χ3v) is 2.11. The van der Waals surface area contributed by atoms with Gasteiger partial charge in [0.2, 0.25) is 0 Å². The minimum Gasteiger partial charge on any atom is -0.549 e. The fourth-order valence-electron chi connectivity index (χ4n) is 0.648. The average molecular weight is 206 g/mol. The van der Waals surface area contributed by atoms with Gasteiger partial charge in [0.15, 0.2) is 0 Å². The maximum atomic E-state index is 10.4. The molecule has 2 nitrogen and oxygen atoms in total. The summed E-state index contributed by atoms with van der Waals surface area (Å²) in [6.45, 7) is 0. The van der Waals surface area contributed by atoms with Gasteiger partial charge in [0.05, 0.1) is 11.2 Å². The average Bonchev–Trinajstić information content (AvgIpc) is 1.84. The predicted octanol–water partition coefficient (Wildman–Crippen LogP) is -2.52. The molecular weight excluding hydrogens is 199 g/mol. The zero-order chi connectivity index (χ0) is 8.10. The molecule has 1 aliphatic heterocycles. The number of carbonyl (C=O) groups is 1. The van der Waals surface area contributed by atoms with Gasteiger partial charge in [-0.15, -0.1) is 11.8 Å². The molecule has 58 valence electrons. The van der Waals surface area contributed by atoms with Crippen molar-refractivity contribution in [2.24, 2.45) is 0 Å². The van der Waals surface area contributed by atoms with Crippen molar-refractivity contribution in [3.63, 3.8) is 0 Å². The molecule has 0 N–H and O–H groups in total. The number of hydrogen-bond donors (Lipinski definition) is 0. The summed E-state index contributed by atoms with van der Waals surface area (Å²) in [5.41, 5.74) is 0. The molecule has 1 rings (SSSR count). The fraction of sp³-hybridized carbons (Fsp3) is 0.125. The summed E-state index contributed by atoms with van der Waals surface area (Å²) in [4.78, 5) is 10.4. The number of thioether (sulfide) groups is 1. The Morgan fingerprint density at radius 3 is 2.58 bits per heavy atom. The van der Waals surface area contributed by atoms with Crippen LogP contribution in [0.3, 0.4) is 0 Å². The monoisotopic (exact) mass is 206 g/mol. The molecule has 0 saturated carbocycles. The number of rotatable bonds is 1. The third kappa shape index (κ3) is 4.64. The number of hydrogen-bond acceptors (Lipinski definition) is 3. The van der Waals surface area contributed by atoms with Crippen LogP contribution in [0.1, 0.15) is 0 Å². The van der Waals surface area contributed by atoms with E-state index >= 15 is 0 Å². The van der Waals surface area contributed by atoms with Gasteiger partial charge in [-0.2, -0.15) is 0 Å². The van der Waals surface area contributed by atoms with Gasteiger partial charge in [0.1, 0.15) is 0 Å². The maximum Gasteiger partial charge on any atom is 1.00 e. The van der Waals surface area contributed by atoms with Crippen LogP contribution in [0.25, 0.3) is 0 Å². The summed E-state index contributed by atoms with van der Waals surface area (Å²) < 4.78 is 0. The molecule has 0 fully saturated rings. The van der Waals surface area contributed by atoms with E-state index in [0.717, 1.165) is 0 Å². The van der Waals surface area contributed by atoms with E-state index in [4.69, 9.17) is 0 Å². The van der Waals surface area contributed by atoms with Crippen molar-refractivity contribution in [3.05, 3.63) is 35.8 Å². The van der Waals surface area contributed by atoms with E-state index in [0.29, 0.717) is 0 Å². The molecule has 4 heteroatoms. The van der Waals surface area contributed by atoms with E-state index in [-0.39, 0.29) is 51.4 Å². The molecule has 0 bridgehead atoms. The number of carboxylic acid groups (broad SMARTS) is 1. The quantitative estimate of drug-likeness (QED) is 0.445. The van der Waals surface area contributed by atoms with Crippen LogP contribution >= 0.6 is 11.8 Å². The van der Waals surface area contributed by atoms with Crippen LogP contribution in [0.4, 0.5) is 0 Å². The first kappa shape index (κ1) is 12.7. The Morgan fingerprint density at radius 1 is 1.25 bits per heavy atom. The minimum atomic E-state index is -1.05. The minimum absolute atomic E-state index is 0. The van der Waals surface area contributed by atoms with Gasteiger partial charge >= 0.3 is 51.4 Å². The van der Waals surface area contributed by atoms with Crippen molar-refractivity contribution >= 4 is 17.7 Å². The van der Waals surface area contributed by atoms with Gasteiger partial charge in [0.25, 0.3) is 0 Å². The topological polar surface area (TPSA) is 40.1 Å². The first-order valence-electron chi connectivity index (χ1n) is 3.17. The van der Waals surface area contributed by atoms with Crippen LogP contribution in [-0.4, -0.2) is 11.2 Å². The van der Waals surface area contributed by atoms with Crippen molar-refractivity contribution in [1.82, 2.24) is 0 Å². The second-order valence-corrected chi connectivity index (χ2v) is 3.03. The third-order valence-electron chi connectivity index (χ3n) is 1.16. The molecule has 0 spiro atoms. The second-order valence-electron chi connectivity index (χ2n) is 1.97. The summed E-state index contributed by atoms with van der Waals surface area (Å²) in [7, 11) is 0. The standard InChI is InChI=1S/C8H8O2S.K/c9-8(10)7-5-3-1-2-4-6-11-7;/h1-7H,(H,9,10);/q;+1/p-1. The molecule has 1 unspecified atom stereocenters. The van der Waals surface area contributed by atoms with Crippen molar-refractivity contribution < 1.29 is 61.3 Å². The molecule has 1 aliphatic rings. The van der Waals surface area contributed by atoms with E-state index in [1.165, 1.54) is 11.8 Å². The first-order valence-corrected chi connectivity index (χ1v) is 4.11. The molecule has 0 saturated heterocycles. The second kappa shape index (κ2) is 7.12. The van der Waals surface area contributed by atoms with Crippen LogP contribution in [0.15, 0.2) is 35.8 Å². The molecule has 0 aromatic carbocycles. The molecule has 0 amide bonds. The van der Waals surface area contributed by atoms with Crippen molar-refractivity contribution in [1.29, 1.82) is 0 Å². The van der Waals surface area contributed by atoms with Crippen LogP contribution in [0.5, 0.6) is 0 Å². The van der Waals surface area contributed by atoms with Crippen molar-refractivity contribution in [3.8, 4) is 0 Å². The van der Waals surface area contributed by atoms with Crippen LogP contribution in [0, 0.1) is 0 Å². The Balaban J connectivity index is 0.00000121. The number of carboxylic acids is 1. The molecule has 0 radical (unpaired) electrons. The summed E-state index contributed by atoms with van der Waals surface area (Å²) in [5.74, 6) is -1.05.